The summed E-state index contributed by atoms with van der Waals surface area (Å²) in [5, 5.41) is 9.16. The van der Waals surface area contributed by atoms with Crippen molar-refractivity contribution in [3.63, 3.8) is 0 Å². The zero-order valence-corrected chi connectivity index (χ0v) is 15.1. The summed E-state index contributed by atoms with van der Waals surface area (Å²) in [6, 6.07) is 19.8. The van der Waals surface area contributed by atoms with Crippen LogP contribution in [0.2, 0.25) is 0 Å². The van der Waals surface area contributed by atoms with Crippen LogP contribution in [0, 0.1) is 11.8 Å². The molecule has 138 valence electrons. The molecule has 1 aliphatic carbocycles. The van der Waals surface area contributed by atoms with Gasteiger partial charge in [0.25, 0.3) is 0 Å². The van der Waals surface area contributed by atoms with Crippen LogP contribution in [0.4, 0.5) is 0 Å². The van der Waals surface area contributed by atoms with Crippen LogP contribution < -0.4 is 0 Å². The zero-order chi connectivity index (χ0) is 18.8. The summed E-state index contributed by atoms with van der Waals surface area (Å²) < 4.78 is 0. The largest absolute Gasteiger partial charge is 0.396 e. The molecule has 0 unspecified atom stereocenters. The Morgan fingerprint density at radius 3 is 1.59 bits per heavy atom. The summed E-state index contributed by atoms with van der Waals surface area (Å²) in [5.41, 5.74) is 2.11. The maximum atomic E-state index is 13.2. The quantitative estimate of drug-likeness (QED) is 0.658. The number of fused-ring (bicyclic) bond motifs is 1. The number of aliphatic hydroxyl groups is 1. The monoisotopic (exact) mass is 361 g/mol. The summed E-state index contributed by atoms with van der Waals surface area (Å²) >= 11 is 0. The van der Waals surface area contributed by atoms with Gasteiger partial charge in [-0.05, 0) is 17.5 Å². The van der Waals surface area contributed by atoms with E-state index in [0.29, 0.717) is 6.42 Å². The second-order valence-electron chi connectivity index (χ2n) is 7.21. The third-order valence-electron chi connectivity index (χ3n) is 5.70. The molecule has 1 fully saturated rings. The average molecular weight is 361 g/mol. The van der Waals surface area contributed by atoms with Crippen molar-refractivity contribution in [2.24, 2.45) is 11.8 Å². The molecule has 2 aromatic rings. The molecule has 1 N–H and O–H groups in total. The smallest absolute Gasteiger partial charge is 0.234 e. The van der Waals surface area contributed by atoms with Crippen LogP contribution in [0.3, 0.4) is 0 Å². The predicted octanol–water partition coefficient (Wildman–Crippen LogP) is 3.11. The molecule has 0 radical (unpaired) electrons. The van der Waals surface area contributed by atoms with E-state index in [-0.39, 0.29) is 36.8 Å². The van der Waals surface area contributed by atoms with E-state index in [9.17, 15) is 9.59 Å². The van der Waals surface area contributed by atoms with Gasteiger partial charge in [0, 0.05) is 25.0 Å². The molecule has 4 heteroatoms. The number of nitrogens with zero attached hydrogens (tertiary/aromatic N) is 1. The molecule has 1 saturated heterocycles. The van der Waals surface area contributed by atoms with Gasteiger partial charge in [0.15, 0.2) is 0 Å². The minimum Gasteiger partial charge on any atom is -0.396 e. The van der Waals surface area contributed by atoms with Gasteiger partial charge in [0.1, 0.15) is 0 Å². The third-order valence-corrected chi connectivity index (χ3v) is 5.70. The van der Waals surface area contributed by atoms with Crippen molar-refractivity contribution < 1.29 is 14.7 Å². The Bertz CT molecular complexity index is 779. The van der Waals surface area contributed by atoms with Crippen molar-refractivity contribution in [3.8, 4) is 0 Å². The number of imide groups is 1. The van der Waals surface area contributed by atoms with Gasteiger partial charge < -0.3 is 5.11 Å². The van der Waals surface area contributed by atoms with Crippen LogP contribution in [-0.4, -0.2) is 35.0 Å². The van der Waals surface area contributed by atoms with Gasteiger partial charge >= 0.3 is 0 Å². The molecule has 4 nitrogen and oxygen atoms in total. The standard InChI is InChI=1S/C23H23NO3/c25-15-7-14-24-22(26)20-18(16-8-3-1-4-9-16)12-13-19(21(20)23(24)27)17-10-5-2-6-11-17/h1-6,8-13,18-21,25H,7,14-15H2/t18-,19-,20-,21+/m0/s1. The van der Waals surface area contributed by atoms with E-state index >= 15 is 0 Å². The summed E-state index contributed by atoms with van der Waals surface area (Å²) in [5.74, 6) is -1.23. The SMILES string of the molecule is O=C1[C@@H]2[C@H](C(=O)N1CCCO)[C@H](c1ccccc1)C=C[C@H]2c1ccccc1. The number of hydrogen-bond acceptors (Lipinski definition) is 3. The van der Waals surface area contributed by atoms with E-state index < -0.39 is 11.8 Å². The van der Waals surface area contributed by atoms with Gasteiger partial charge in [-0.3, -0.25) is 14.5 Å². The molecule has 4 rings (SSSR count). The number of allylic oxidation sites excluding steroid dienone is 2. The molecule has 1 heterocycles. The maximum absolute atomic E-state index is 13.2. The lowest BCUT2D eigenvalue weighted by Gasteiger charge is -2.32. The van der Waals surface area contributed by atoms with Crippen molar-refractivity contribution in [2.45, 2.75) is 18.3 Å². The first-order valence-corrected chi connectivity index (χ1v) is 9.46. The number of amides is 2. The van der Waals surface area contributed by atoms with Crippen LogP contribution in [0.5, 0.6) is 0 Å². The molecule has 0 bridgehead atoms. The van der Waals surface area contributed by atoms with E-state index in [1.807, 2.05) is 60.7 Å². The Morgan fingerprint density at radius 2 is 1.19 bits per heavy atom. The summed E-state index contributed by atoms with van der Waals surface area (Å²) in [4.78, 5) is 27.8. The number of benzene rings is 2. The Labute approximate surface area is 159 Å². The summed E-state index contributed by atoms with van der Waals surface area (Å²) in [6.07, 6.45) is 4.60. The molecule has 1 aliphatic heterocycles. The fourth-order valence-electron chi connectivity index (χ4n) is 4.45. The molecule has 4 atom stereocenters. The second-order valence-corrected chi connectivity index (χ2v) is 7.21. The molecule has 0 spiro atoms. The number of hydrogen-bond donors (Lipinski definition) is 1. The lowest BCUT2D eigenvalue weighted by molar-refractivity contribution is -0.140. The van der Waals surface area contributed by atoms with Crippen LogP contribution in [-0.2, 0) is 9.59 Å². The zero-order valence-electron chi connectivity index (χ0n) is 15.1. The minimum atomic E-state index is -0.395. The molecule has 2 aromatic carbocycles. The Hall–Kier alpha value is -2.72. The third kappa shape index (κ3) is 3.10. The predicted molar refractivity (Wildman–Crippen MR) is 103 cm³/mol. The van der Waals surface area contributed by atoms with Crippen molar-refractivity contribution in [3.05, 3.63) is 83.9 Å². The van der Waals surface area contributed by atoms with E-state index in [4.69, 9.17) is 5.11 Å². The minimum absolute atomic E-state index is 0.0329. The first-order valence-electron chi connectivity index (χ1n) is 9.46. The highest BCUT2D eigenvalue weighted by Gasteiger charge is 2.54. The lowest BCUT2D eigenvalue weighted by Crippen LogP contribution is -2.33. The maximum Gasteiger partial charge on any atom is 0.234 e. The Balaban J connectivity index is 1.77. The van der Waals surface area contributed by atoms with Gasteiger partial charge in [-0.2, -0.15) is 0 Å². The first kappa shape index (κ1) is 17.7. The lowest BCUT2D eigenvalue weighted by atomic mass is 9.68. The van der Waals surface area contributed by atoms with Crippen LogP contribution in [0.25, 0.3) is 0 Å². The van der Waals surface area contributed by atoms with Gasteiger partial charge in [0.2, 0.25) is 11.8 Å². The highest BCUT2D eigenvalue weighted by atomic mass is 16.3. The Morgan fingerprint density at radius 1 is 0.741 bits per heavy atom. The fraction of sp³-hybridized carbons (Fsp3) is 0.304. The number of rotatable bonds is 5. The van der Waals surface area contributed by atoms with Crippen molar-refractivity contribution in [1.82, 2.24) is 4.90 Å². The highest BCUT2D eigenvalue weighted by Crippen LogP contribution is 2.49. The molecule has 0 saturated carbocycles. The van der Waals surface area contributed by atoms with E-state index in [1.54, 1.807) is 0 Å². The van der Waals surface area contributed by atoms with Crippen molar-refractivity contribution >= 4 is 11.8 Å². The number of carbonyl (C=O) groups excluding carboxylic acids is 2. The molecule has 0 aromatic heterocycles. The molecule has 2 amide bonds. The normalized spacial score (nSPS) is 27.1. The van der Waals surface area contributed by atoms with Gasteiger partial charge in [-0.25, -0.2) is 0 Å². The highest BCUT2D eigenvalue weighted by molar-refractivity contribution is 6.06. The van der Waals surface area contributed by atoms with Crippen LogP contribution in [0.1, 0.15) is 29.4 Å². The fourth-order valence-corrected chi connectivity index (χ4v) is 4.45. The van der Waals surface area contributed by atoms with Gasteiger partial charge in [-0.15, -0.1) is 0 Å². The molecular formula is C23H23NO3. The topological polar surface area (TPSA) is 57.6 Å². The van der Waals surface area contributed by atoms with E-state index in [2.05, 4.69) is 12.2 Å². The van der Waals surface area contributed by atoms with Gasteiger partial charge in [-0.1, -0.05) is 72.8 Å². The number of likely N-dealkylation sites (tertiary alicyclic amines) is 1. The number of carbonyl (C=O) groups is 2. The van der Waals surface area contributed by atoms with Gasteiger partial charge in [0.05, 0.1) is 11.8 Å². The second kappa shape index (κ2) is 7.49. The average Bonchev–Trinajstić information content (AvgIpc) is 2.98. The molecule has 2 aliphatic rings. The first-order chi connectivity index (χ1) is 13.2. The molecular weight excluding hydrogens is 338 g/mol. The Kier molecular flexibility index (Phi) is 4.90. The van der Waals surface area contributed by atoms with Crippen molar-refractivity contribution in [1.29, 1.82) is 0 Å². The summed E-state index contributed by atoms with van der Waals surface area (Å²) in [7, 11) is 0. The van der Waals surface area contributed by atoms with Crippen LogP contribution >= 0.6 is 0 Å². The van der Waals surface area contributed by atoms with Crippen molar-refractivity contribution in [2.75, 3.05) is 13.2 Å². The van der Waals surface area contributed by atoms with Crippen LogP contribution in [0.15, 0.2) is 72.8 Å². The van der Waals surface area contributed by atoms with E-state index in [1.165, 1.54) is 4.90 Å². The molecule has 27 heavy (non-hydrogen) atoms. The summed E-state index contributed by atoms with van der Waals surface area (Å²) in [6.45, 7) is 0.249. The number of aliphatic hydroxyl groups excluding tert-OH is 1. The van der Waals surface area contributed by atoms with E-state index in [0.717, 1.165) is 11.1 Å².